The number of benzene rings is 1. The summed E-state index contributed by atoms with van der Waals surface area (Å²) in [4.78, 5) is 10.9. The van der Waals surface area contributed by atoms with Gasteiger partial charge in [0.2, 0.25) is 0 Å². The lowest BCUT2D eigenvalue weighted by molar-refractivity contribution is -0.145. The van der Waals surface area contributed by atoms with Crippen LogP contribution in [0.2, 0.25) is 0 Å². The summed E-state index contributed by atoms with van der Waals surface area (Å²) in [6, 6.07) is 4.40. The van der Waals surface area contributed by atoms with Crippen LogP contribution in [0, 0.1) is 11.3 Å². The second-order valence-electron chi connectivity index (χ2n) is 4.02. The van der Waals surface area contributed by atoms with Crippen molar-refractivity contribution >= 4 is 5.97 Å². The van der Waals surface area contributed by atoms with Crippen LogP contribution in [0.4, 0.5) is 13.2 Å². The van der Waals surface area contributed by atoms with Crippen LogP contribution in [0.25, 0.3) is 0 Å². The van der Waals surface area contributed by atoms with Crippen molar-refractivity contribution in [1.29, 1.82) is 5.26 Å². The van der Waals surface area contributed by atoms with Gasteiger partial charge < -0.3 is 9.84 Å². The molecule has 0 aliphatic heterocycles. The molecule has 7 heteroatoms. The van der Waals surface area contributed by atoms with Gasteiger partial charge in [0.25, 0.3) is 0 Å². The molecule has 0 aliphatic rings. The molecule has 0 saturated carbocycles. The summed E-state index contributed by atoms with van der Waals surface area (Å²) in [5, 5.41) is 17.8. The summed E-state index contributed by atoms with van der Waals surface area (Å²) in [7, 11) is 0. The van der Waals surface area contributed by atoms with E-state index in [0.717, 1.165) is 18.2 Å². The van der Waals surface area contributed by atoms with Crippen molar-refractivity contribution < 1.29 is 27.8 Å². The molecule has 0 unspecified atom stereocenters. The van der Waals surface area contributed by atoms with Gasteiger partial charge in [0.05, 0.1) is 5.56 Å². The van der Waals surface area contributed by atoms with Gasteiger partial charge in [-0.2, -0.15) is 18.4 Å². The molecule has 1 rings (SSSR count). The number of rotatable bonds is 5. The summed E-state index contributed by atoms with van der Waals surface area (Å²) in [6.07, 6.45) is -5.36. The van der Waals surface area contributed by atoms with E-state index in [4.69, 9.17) is 15.1 Å². The van der Waals surface area contributed by atoms with Gasteiger partial charge in [-0.15, -0.1) is 0 Å². The molecule has 0 amide bonds. The molecule has 0 bridgehead atoms. The molecular weight excluding hydrogens is 275 g/mol. The summed E-state index contributed by atoms with van der Waals surface area (Å²) in [5.41, 5.74) is -1.85. The fourth-order valence-electron chi connectivity index (χ4n) is 1.63. The number of aliphatic carboxylic acids is 1. The van der Waals surface area contributed by atoms with Crippen LogP contribution in [0.3, 0.4) is 0 Å². The second kappa shape index (κ2) is 6.28. The lowest BCUT2D eigenvalue weighted by Crippen LogP contribution is -2.27. The van der Waals surface area contributed by atoms with Crippen molar-refractivity contribution in [3.8, 4) is 11.8 Å². The molecule has 4 nitrogen and oxygen atoms in total. The van der Waals surface area contributed by atoms with Gasteiger partial charge in [0.1, 0.15) is 17.4 Å². The minimum atomic E-state index is -4.70. The molecule has 0 aliphatic carbocycles. The zero-order valence-electron chi connectivity index (χ0n) is 10.6. The predicted octanol–water partition coefficient (Wildman–Crippen LogP) is 3.21. The quantitative estimate of drug-likeness (QED) is 0.902. The van der Waals surface area contributed by atoms with E-state index in [1.807, 2.05) is 0 Å². The van der Waals surface area contributed by atoms with E-state index in [1.54, 1.807) is 6.92 Å². The van der Waals surface area contributed by atoms with Crippen molar-refractivity contribution in [1.82, 2.24) is 0 Å². The number of carboxylic acid groups (broad SMARTS) is 1. The summed E-state index contributed by atoms with van der Waals surface area (Å²) in [5.74, 6) is -1.66. The number of carbonyl (C=O) groups is 1. The van der Waals surface area contributed by atoms with Crippen molar-refractivity contribution in [2.45, 2.75) is 32.0 Å². The molecule has 1 aromatic carbocycles. The van der Waals surface area contributed by atoms with Crippen LogP contribution in [-0.2, 0) is 11.0 Å². The van der Waals surface area contributed by atoms with Gasteiger partial charge in [-0.25, -0.2) is 4.79 Å². The normalized spacial score (nSPS) is 12.6. The maximum absolute atomic E-state index is 12.7. The zero-order valence-corrected chi connectivity index (χ0v) is 10.6. The Kier molecular flexibility index (Phi) is 4.97. The third-order valence-electron chi connectivity index (χ3n) is 2.54. The molecular formula is C13H12F3NO3. The Balaban J connectivity index is 3.19. The van der Waals surface area contributed by atoms with Crippen molar-refractivity contribution in [3.05, 3.63) is 29.3 Å². The Morgan fingerprint density at radius 2 is 2.15 bits per heavy atom. The summed E-state index contributed by atoms with van der Waals surface area (Å²) < 4.78 is 43.3. The standard InChI is InChI=1S/C13H12F3NO3/c1-2-4-11(12(18)19)20-10-6-3-5-9(8(10)7-17)13(14,15)16/h3,5-6,11H,2,4H2,1H3,(H,18,19)/t11-/m1/s1. The minimum Gasteiger partial charge on any atom is -0.479 e. The second-order valence-corrected chi connectivity index (χ2v) is 4.02. The Hall–Kier alpha value is -2.23. The first-order valence-corrected chi connectivity index (χ1v) is 5.81. The molecule has 0 saturated heterocycles. The number of carboxylic acids is 1. The Labute approximate surface area is 113 Å². The van der Waals surface area contributed by atoms with E-state index in [9.17, 15) is 18.0 Å². The lowest BCUT2D eigenvalue weighted by atomic mass is 10.1. The Morgan fingerprint density at radius 1 is 1.50 bits per heavy atom. The van der Waals surface area contributed by atoms with Crippen molar-refractivity contribution in [3.63, 3.8) is 0 Å². The van der Waals surface area contributed by atoms with Gasteiger partial charge in [-0.05, 0) is 18.6 Å². The van der Waals surface area contributed by atoms with Crippen molar-refractivity contribution in [2.24, 2.45) is 0 Å². The number of hydrogen-bond acceptors (Lipinski definition) is 3. The Morgan fingerprint density at radius 3 is 2.60 bits per heavy atom. The SMILES string of the molecule is CCC[C@@H](Oc1cccc(C(F)(F)F)c1C#N)C(=O)O. The van der Waals surface area contributed by atoms with Gasteiger partial charge >= 0.3 is 12.1 Å². The van der Waals surface area contributed by atoms with Crippen LogP contribution >= 0.6 is 0 Å². The van der Waals surface area contributed by atoms with Gasteiger partial charge in [-0.1, -0.05) is 19.4 Å². The summed E-state index contributed by atoms with van der Waals surface area (Å²) >= 11 is 0. The van der Waals surface area contributed by atoms with Crippen LogP contribution < -0.4 is 4.74 Å². The molecule has 0 heterocycles. The van der Waals surface area contributed by atoms with E-state index < -0.39 is 29.4 Å². The first-order chi connectivity index (χ1) is 9.31. The summed E-state index contributed by atoms with van der Waals surface area (Å²) in [6.45, 7) is 1.72. The molecule has 1 N–H and O–H groups in total. The average Bonchev–Trinajstić information content (AvgIpc) is 2.36. The van der Waals surface area contributed by atoms with Gasteiger partial charge in [-0.3, -0.25) is 0 Å². The molecule has 0 aromatic heterocycles. The number of nitriles is 1. The van der Waals surface area contributed by atoms with Gasteiger partial charge in [0, 0.05) is 0 Å². The van der Waals surface area contributed by atoms with Crippen LogP contribution in [0.5, 0.6) is 5.75 Å². The fraction of sp³-hybridized carbons (Fsp3) is 0.385. The average molecular weight is 287 g/mol. The highest BCUT2D eigenvalue weighted by Crippen LogP contribution is 2.35. The molecule has 20 heavy (non-hydrogen) atoms. The number of nitrogens with zero attached hydrogens (tertiary/aromatic N) is 1. The molecule has 0 spiro atoms. The van der Waals surface area contributed by atoms with E-state index in [1.165, 1.54) is 6.07 Å². The monoisotopic (exact) mass is 287 g/mol. The maximum atomic E-state index is 12.7. The highest BCUT2D eigenvalue weighted by Gasteiger charge is 2.35. The van der Waals surface area contributed by atoms with Crippen LogP contribution in [0.1, 0.15) is 30.9 Å². The van der Waals surface area contributed by atoms with E-state index in [-0.39, 0.29) is 12.2 Å². The molecule has 108 valence electrons. The van der Waals surface area contributed by atoms with Crippen LogP contribution in [-0.4, -0.2) is 17.2 Å². The van der Waals surface area contributed by atoms with E-state index in [2.05, 4.69) is 0 Å². The zero-order chi connectivity index (χ0) is 15.3. The topological polar surface area (TPSA) is 70.3 Å². The number of alkyl halides is 3. The molecule has 0 radical (unpaired) electrons. The van der Waals surface area contributed by atoms with E-state index in [0.29, 0.717) is 6.42 Å². The fourth-order valence-corrected chi connectivity index (χ4v) is 1.63. The number of hydrogen-bond donors (Lipinski definition) is 1. The van der Waals surface area contributed by atoms with Crippen LogP contribution in [0.15, 0.2) is 18.2 Å². The maximum Gasteiger partial charge on any atom is 0.417 e. The minimum absolute atomic E-state index is 0.135. The smallest absolute Gasteiger partial charge is 0.417 e. The third kappa shape index (κ3) is 3.63. The molecule has 1 atom stereocenters. The lowest BCUT2D eigenvalue weighted by Gasteiger charge is -2.17. The molecule has 1 aromatic rings. The molecule has 0 fully saturated rings. The largest absolute Gasteiger partial charge is 0.479 e. The highest BCUT2D eigenvalue weighted by molar-refractivity contribution is 5.73. The Bertz CT molecular complexity index is 535. The predicted molar refractivity (Wildman–Crippen MR) is 63.1 cm³/mol. The highest BCUT2D eigenvalue weighted by atomic mass is 19.4. The first kappa shape index (κ1) is 15.8. The van der Waals surface area contributed by atoms with Gasteiger partial charge in [0.15, 0.2) is 6.10 Å². The third-order valence-corrected chi connectivity index (χ3v) is 2.54. The first-order valence-electron chi connectivity index (χ1n) is 5.81. The van der Waals surface area contributed by atoms with Crippen molar-refractivity contribution in [2.75, 3.05) is 0 Å². The van der Waals surface area contributed by atoms with E-state index >= 15 is 0 Å². The number of halogens is 3. The number of ether oxygens (including phenoxy) is 1.